The van der Waals surface area contributed by atoms with Gasteiger partial charge in [-0.2, -0.15) is 8.78 Å². The van der Waals surface area contributed by atoms with E-state index in [2.05, 4.69) is 0 Å². The molecule has 2 amide bonds. The van der Waals surface area contributed by atoms with Crippen molar-refractivity contribution < 1.29 is 37.7 Å². The minimum absolute atomic E-state index is 0.114. The molecule has 0 spiro atoms. The van der Waals surface area contributed by atoms with E-state index in [1.165, 1.54) is 30.3 Å². The van der Waals surface area contributed by atoms with Gasteiger partial charge in [0.05, 0.1) is 29.8 Å². The van der Waals surface area contributed by atoms with E-state index in [-0.39, 0.29) is 41.0 Å². The molecule has 3 aromatic carbocycles. The molecule has 0 bridgehead atoms. The van der Waals surface area contributed by atoms with Gasteiger partial charge in [-0.3, -0.25) is 14.4 Å². The summed E-state index contributed by atoms with van der Waals surface area (Å²) in [6, 6.07) is 12.2. The van der Waals surface area contributed by atoms with Crippen LogP contribution in [0.5, 0.6) is 11.5 Å². The minimum atomic E-state index is -3.22. The third-order valence-electron chi connectivity index (χ3n) is 5.00. The van der Waals surface area contributed by atoms with E-state index >= 15 is 0 Å². The molecule has 0 radical (unpaired) electrons. The van der Waals surface area contributed by atoms with Crippen molar-refractivity contribution in [1.29, 1.82) is 0 Å². The number of aliphatic carboxylic acids is 1. The Morgan fingerprint density at radius 1 is 0.969 bits per heavy atom. The first-order valence-electron chi connectivity index (χ1n) is 9.69. The second-order valence-corrected chi connectivity index (χ2v) is 6.95. The van der Waals surface area contributed by atoms with Gasteiger partial charge in [0.15, 0.2) is 0 Å². The van der Waals surface area contributed by atoms with Crippen LogP contribution in [-0.4, -0.2) is 36.1 Å². The number of carbonyl (C=O) groups excluding carboxylic acids is 2. The normalized spacial score (nSPS) is 13.1. The average molecular weight is 441 g/mol. The summed E-state index contributed by atoms with van der Waals surface area (Å²) in [5.41, 5.74) is 0.188. The Hall–Kier alpha value is -4.01. The number of hydrogen-bond acceptors (Lipinski definition) is 5. The SMILES string of the molecule is CCOc1c2c(c(OC(F)F)c3ccccc13)C(=O)N(c1ccc(CC(=O)O)cc1)C2=O. The Balaban J connectivity index is 1.91. The standard InChI is InChI=1S/C23H17F2NO6/c1-2-31-19-14-5-3-4-6-15(14)20(32-23(24)25)18-17(19)21(29)26(22(18)30)13-9-7-12(8-10-13)11-16(27)28/h3-10,23H,2,11H2,1H3,(H,27,28). The van der Waals surface area contributed by atoms with Crippen LogP contribution >= 0.6 is 0 Å². The van der Waals surface area contributed by atoms with Gasteiger partial charge in [0.1, 0.15) is 11.5 Å². The van der Waals surface area contributed by atoms with E-state index < -0.39 is 30.1 Å². The molecule has 0 saturated heterocycles. The summed E-state index contributed by atoms with van der Waals surface area (Å²) < 4.78 is 36.9. The van der Waals surface area contributed by atoms with Gasteiger partial charge in [-0.15, -0.1) is 0 Å². The number of alkyl halides is 2. The monoisotopic (exact) mass is 441 g/mol. The third-order valence-corrected chi connectivity index (χ3v) is 5.00. The van der Waals surface area contributed by atoms with Crippen LogP contribution in [0.3, 0.4) is 0 Å². The molecule has 0 aliphatic carbocycles. The second-order valence-electron chi connectivity index (χ2n) is 6.95. The highest BCUT2D eigenvalue weighted by Gasteiger charge is 2.44. The smallest absolute Gasteiger partial charge is 0.387 e. The van der Waals surface area contributed by atoms with Crippen molar-refractivity contribution in [2.24, 2.45) is 0 Å². The summed E-state index contributed by atoms with van der Waals surface area (Å²) in [4.78, 5) is 38.4. The maximum Gasteiger partial charge on any atom is 0.387 e. The predicted molar refractivity (Wildman–Crippen MR) is 111 cm³/mol. The van der Waals surface area contributed by atoms with Gasteiger partial charge >= 0.3 is 12.6 Å². The highest BCUT2D eigenvalue weighted by Crippen LogP contribution is 2.46. The number of anilines is 1. The number of fused-ring (bicyclic) bond motifs is 2. The summed E-state index contributed by atoms with van der Waals surface area (Å²) >= 11 is 0. The number of halogens is 2. The van der Waals surface area contributed by atoms with Gasteiger partial charge in [0, 0.05) is 10.8 Å². The maximum absolute atomic E-state index is 13.3. The second kappa shape index (κ2) is 8.26. The molecule has 0 unspecified atom stereocenters. The third kappa shape index (κ3) is 3.51. The average Bonchev–Trinajstić information content (AvgIpc) is 3.01. The Bertz CT molecular complexity index is 1240. The lowest BCUT2D eigenvalue weighted by Crippen LogP contribution is -2.29. The molecule has 32 heavy (non-hydrogen) atoms. The van der Waals surface area contributed by atoms with Gasteiger partial charge in [0.2, 0.25) is 0 Å². The Labute approximate surface area is 180 Å². The molecule has 0 aromatic heterocycles. The first-order chi connectivity index (χ1) is 15.3. The van der Waals surface area contributed by atoms with Crippen molar-refractivity contribution in [2.75, 3.05) is 11.5 Å². The van der Waals surface area contributed by atoms with Crippen LogP contribution < -0.4 is 14.4 Å². The van der Waals surface area contributed by atoms with Gasteiger partial charge in [0.25, 0.3) is 11.8 Å². The number of benzene rings is 3. The maximum atomic E-state index is 13.3. The zero-order valence-corrected chi connectivity index (χ0v) is 16.8. The van der Waals surface area contributed by atoms with E-state index in [0.717, 1.165) is 4.90 Å². The van der Waals surface area contributed by atoms with Crippen LogP contribution in [0.15, 0.2) is 48.5 Å². The number of ether oxygens (including phenoxy) is 2. The number of nitrogens with zero attached hydrogens (tertiary/aromatic N) is 1. The molecule has 1 aliphatic rings. The van der Waals surface area contributed by atoms with E-state index in [0.29, 0.717) is 10.9 Å². The number of amides is 2. The number of hydrogen-bond donors (Lipinski definition) is 1. The van der Waals surface area contributed by atoms with Gasteiger partial charge in [-0.05, 0) is 24.6 Å². The molecule has 1 aliphatic heterocycles. The lowest BCUT2D eigenvalue weighted by atomic mass is 9.99. The minimum Gasteiger partial charge on any atom is -0.492 e. The van der Waals surface area contributed by atoms with Crippen LogP contribution in [0, 0.1) is 0 Å². The molecule has 1 N–H and O–H groups in total. The Morgan fingerprint density at radius 2 is 1.53 bits per heavy atom. The molecule has 0 atom stereocenters. The number of carboxylic acids is 1. The molecule has 7 nitrogen and oxygen atoms in total. The summed E-state index contributed by atoms with van der Waals surface area (Å²) in [5.74, 6) is -2.89. The van der Waals surface area contributed by atoms with Crippen molar-refractivity contribution in [1.82, 2.24) is 0 Å². The molecular weight excluding hydrogens is 424 g/mol. The zero-order valence-electron chi connectivity index (χ0n) is 16.8. The van der Waals surface area contributed by atoms with Crippen LogP contribution in [0.25, 0.3) is 10.8 Å². The van der Waals surface area contributed by atoms with Crippen molar-refractivity contribution in [3.05, 3.63) is 65.2 Å². The van der Waals surface area contributed by atoms with Crippen LogP contribution in [-0.2, 0) is 11.2 Å². The topological polar surface area (TPSA) is 93.1 Å². The summed E-state index contributed by atoms with van der Waals surface area (Å²) in [6.45, 7) is -1.34. The lowest BCUT2D eigenvalue weighted by molar-refractivity contribution is -0.136. The molecule has 0 fully saturated rings. The molecule has 9 heteroatoms. The van der Waals surface area contributed by atoms with Crippen molar-refractivity contribution in [3.8, 4) is 11.5 Å². The van der Waals surface area contributed by atoms with Crippen LogP contribution in [0.2, 0.25) is 0 Å². The zero-order chi connectivity index (χ0) is 23.0. The fourth-order valence-corrected chi connectivity index (χ4v) is 3.78. The molecule has 1 heterocycles. The van der Waals surface area contributed by atoms with E-state index in [4.69, 9.17) is 14.6 Å². The molecule has 0 saturated carbocycles. The van der Waals surface area contributed by atoms with Gasteiger partial charge < -0.3 is 14.6 Å². The van der Waals surface area contributed by atoms with Crippen molar-refractivity contribution in [3.63, 3.8) is 0 Å². The first kappa shape index (κ1) is 21.2. The number of rotatable bonds is 7. The molecule has 4 rings (SSSR count). The fourth-order valence-electron chi connectivity index (χ4n) is 3.78. The van der Waals surface area contributed by atoms with Gasteiger partial charge in [-0.25, -0.2) is 4.90 Å². The van der Waals surface area contributed by atoms with E-state index in [1.807, 2.05) is 0 Å². The summed E-state index contributed by atoms with van der Waals surface area (Å²) in [6.07, 6.45) is -0.228. The van der Waals surface area contributed by atoms with Crippen LogP contribution in [0.1, 0.15) is 33.2 Å². The summed E-state index contributed by atoms with van der Waals surface area (Å²) in [5, 5.41) is 9.50. The number of carboxylic acid groups (broad SMARTS) is 1. The van der Waals surface area contributed by atoms with E-state index in [9.17, 15) is 23.2 Å². The number of imide groups is 1. The predicted octanol–water partition coefficient (Wildman–Crippen LogP) is 4.27. The van der Waals surface area contributed by atoms with E-state index in [1.54, 1.807) is 25.1 Å². The fraction of sp³-hybridized carbons (Fsp3) is 0.174. The largest absolute Gasteiger partial charge is 0.492 e. The van der Waals surface area contributed by atoms with Crippen molar-refractivity contribution >= 4 is 34.2 Å². The highest BCUT2D eigenvalue weighted by molar-refractivity contribution is 6.38. The number of carbonyl (C=O) groups is 3. The summed E-state index contributed by atoms with van der Waals surface area (Å²) in [7, 11) is 0. The highest BCUT2D eigenvalue weighted by atomic mass is 19.3. The quantitative estimate of drug-likeness (QED) is 0.551. The molecule has 164 valence electrons. The lowest BCUT2D eigenvalue weighted by Gasteiger charge is -2.16. The van der Waals surface area contributed by atoms with Gasteiger partial charge in [-0.1, -0.05) is 36.4 Å². The Kier molecular flexibility index (Phi) is 5.48. The molecule has 3 aromatic rings. The Morgan fingerprint density at radius 3 is 2.06 bits per heavy atom. The van der Waals surface area contributed by atoms with Crippen LogP contribution in [0.4, 0.5) is 14.5 Å². The molecular formula is C23H17F2NO6. The van der Waals surface area contributed by atoms with Crippen molar-refractivity contribution in [2.45, 2.75) is 20.0 Å². The first-order valence-corrected chi connectivity index (χ1v) is 9.69.